The van der Waals surface area contributed by atoms with Crippen LogP contribution < -0.4 is 16.2 Å². The molecule has 1 aromatic heterocycles. The number of nitrogens with zero attached hydrogens (tertiary/aromatic N) is 2. The Balaban J connectivity index is 1.77. The van der Waals surface area contributed by atoms with E-state index in [0.717, 1.165) is 37.8 Å². The minimum atomic E-state index is -4.64. The summed E-state index contributed by atoms with van der Waals surface area (Å²) in [6, 6.07) is 9.22. The summed E-state index contributed by atoms with van der Waals surface area (Å²) in [7, 11) is -4.64. The quantitative estimate of drug-likeness (QED) is 0.393. The first-order valence-electron chi connectivity index (χ1n) is 11.2. The summed E-state index contributed by atoms with van der Waals surface area (Å²) in [5.74, 6) is -2.91. The Morgan fingerprint density at radius 3 is 2.56 bits per heavy atom. The summed E-state index contributed by atoms with van der Waals surface area (Å²) in [6.07, 6.45) is 7.06. The third-order valence-corrected chi connectivity index (χ3v) is 7.22. The van der Waals surface area contributed by atoms with Crippen molar-refractivity contribution in [2.45, 2.75) is 36.6 Å². The van der Waals surface area contributed by atoms with E-state index in [1.807, 2.05) is 4.72 Å². The molecule has 1 saturated carbocycles. The predicted molar refractivity (Wildman–Crippen MR) is 134 cm³/mol. The van der Waals surface area contributed by atoms with Crippen molar-refractivity contribution in [3.63, 3.8) is 0 Å². The van der Waals surface area contributed by atoms with Crippen LogP contribution in [-0.2, 0) is 10.0 Å². The van der Waals surface area contributed by atoms with Crippen LogP contribution in [0, 0.1) is 17.5 Å². The van der Waals surface area contributed by atoms with Crippen LogP contribution in [-0.4, -0.2) is 25.7 Å². The topological polar surface area (TPSA) is 123 Å². The van der Waals surface area contributed by atoms with Crippen molar-refractivity contribution in [1.82, 2.24) is 4.98 Å². The summed E-state index contributed by atoms with van der Waals surface area (Å²) in [5.41, 5.74) is 12.5. The van der Waals surface area contributed by atoms with Crippen LogP contribution >= 0.6 is 0 Å². The number of sulfonamides is 1. The zero-order valence-electron chi connectivity index (χ0n) is 19.1. The lowest BCUT2D eigenvalue weighted by molar-refractivity contribution is 0.555. The molecule has 0 radical (unpaired) electrons. The Labute approximate surface area is 206 Å². The van der Waals surface area contributed by atoms with Gasteiger partial charge >= 0.3 is 0 Å². The predicted octanol–water partition coefficient (Wildman–Crippen LogP) is 4.72. The van der Waals surface area contributed by atoms with Crippen molar-refractivity contribution >= 4 is 39.0 Å². The minimum Gasteiger partial charge on any atom is -0.398 e. The molecule has 0 unspecified atom stereocenters. The Hall–Kier alpha value is -3.86. The van der Waals surface area contributed by atoms with Crippen LogP contribution in [0.4, 0.5) is 24.7 Å². The van der Waals surface area contributed by atoms with Gasteiger partial charge in [-0.25, -0.2) is 26.6 Å². The highest BCUT2D eigenvalue weighted by molar-refractivity contribution is 7.92. The summed E-state index contributed by atoms with van der Waals surface area (Å²) >= 11 is 0. The van der Waals surface area contributed by atoms with Crippen LogP contribution in [0.15, 0.2) is 64.6 Å². The van der Waals surface area contributed by atoms with E-state index in [0.29, 0.717) is 23.3 Å². The van der Waals surface area contributed by atoms with Gasteiger partial charge in [-0.3, -0.25) is 9.71 Å². The molecule has 0 spiro atoms. The third kappa shape index (κ3) is 5.51. The van der Waals surface area contributed by atoms with Gasteiger partial charge in [0.2, 0.25) is 0 Å². The van der Waals surface area contributed by atoms with E-state index in [4.69, 9.17) is 11.5 Å². The largest absolute Gasteiger partial charge is 0.398 e. The van der Waals surface area contributed by atoms with E-state index >= 15 is 4.39 Å². The maximum atomic E-state index is 15.6. The molecule has 2 aromatic carbocycles. The molecule has 3 aromatic rings. The number of allylic oxidation sites excluding steroid dienone is 1. The van der Waals surface area contributed by atoms with Gasteiger partial charge < -0.3 is 11.5 Å². The van der Waals surface area contributed by atoms with Gasteiger partial charge in [-0.05, 0) is 60.9 Å². The van der Waals surface area contributed by atoms with E-state index in [9.17, 15) is 17.2 Å². The zero-order chi connectivity index (χ0) is 25.9. The molecule has 36 heavy (non-hydrogen) atoms. The highest BCUT2D eigenvalue weighted by Gasteiger charge is 2.23. The molecule has 188 valence electrons. The number of nitrogens with two attached hydrogens (primary N) is 2. The second-order valence-electron chi connectivity index (χ2n) is 8.36. The van der Waals surface area contributed by atoms with E-state index in [1.54, 1.807) is 18.3 Å². The summed E-state index contributed by atoms with van der Waals surface area (Å²) in [5, 5.41) is 0. The molecule has 0 atom stereocenters. The van der Waals surface area contributed by atoms with Gasteiger partial charge in [0, 0.05) is 29.6 Å². The van der Waals surface area contributed by atoms with Gasteiger partial charge in [-0.2, -0.15) is 0 Å². The van der Waals surface area contributed by atoms with Crippen molar-refractivity contribution in [2.24, 2.45) is 10.7 Å². The van der Waals surface area contributed by atoms with Gasteiger partial charge in [0.25, 0.3) is 10.0 Å². The molecule has 0 amide bonds. The van der Waals surface area contributed by atoms with Gasteiger partial charge in [0.15, 0.2) is 5.82 Å². The van der Waals surface area contributed by atoms with Crippen LogP contribution in [0.25, 0.3) is 11.3 Å². The van der Waals surface area contributed by atoms with E-state index in [1.165, 1.54) is 18.3 Å². The average molecular weight is 516 g/mol. The SMILES string of the molecule is NC(=C(C=NC1CCCC1)c1ccnc(N)c1)c1cccc(NS(=O)(=O)c2cc(F)ccc2F)c1F. The number of halogens is 3. The van der Waals surface area contributed by atoms with Gasteiger partial charge in [0.05, 0.1) is 11.4 Å². The van der Waals surface area contributed by atoms with Gasteiger partial charge in [0.1, 0.15) is 22.3 Å². The molecule has 5 N–H and O–H groups in total. The summed E-state index contributed by atoms with van der Waals surface area (Å²) in [6.45, 7) is 0. The average Bonchev–Trinajstić information content (AvgIpc) is 3.35. The molecule has 1 fully saturated rings. The number of benzene rings is 2. The smallest absolute Gasteiger partial charge is 0.265 e. The Bertz CT molecular complexity index is 1450. The maximum Gasteiger partial charge on any atom is 0.265 e. The van der Waals surface area contributed by atoms with E-state index < -0.39 is 38.1 Å². The molecule has 0 bridgehead atoms. The number of nitrogens with one attached hydrogen (secondary N) is 1. The maximum absolute atomic E-state index is 15.6. The summed E-state index contributed by atoms with van der Waals surface area (Å²) in [4.78, 5) is 7.63. The van der Waals surface area contributed by atoms with Crippen molar-refractivity contribution in [3.8, 4) is 0 Å². The van der Waals surface area contributed by atoms with Crippen LogP contribution in [0.2, 0.25) is 0 Å². The lowest BCUT2D eigenvalue weighted by atomic mass is 10.0. The number of aromatic nitrogens is 1. The molecule has 1 aliphatic rings. The second kappa shape index (κ2) is 10.4. The Morgan fingerprint density at radius 1 is 1.08 bits per heavy atom. The molecular formula is C25H24F3N5O2S. The fourth-order valence-electron chi connectivity index (χ4n) is 4.00. The fraction of sp³-hybridized carbons (Fsp3) is 0.200. The van der Waals surface area contributed by atoms with E-state index in [-0.39, 0.29) is 23.1 Å². The van der Waals surface area contributed by atoms with Crippen molar-refractivity contribution in [2.75, 3.05) is 10.5 Å². The number of aliphatic imine (C=N–C) groups is 1. The van der Waals surface area contributed by atoms with Gasteiger partial charge in [-0.1, -0.05) is 18.9 Å². The molecule has 0 saturated heterocycles. The monoisotopic (exact) mass is 515 g/mol. The van der Waals surface area contributed by atoms with Crippen LogP contribution in [0.5, 0.6) is 0 Å². The van der Waals surface area contributed by atoms with Crippen LogP contribution in [0.3, 0.4) is 0 Å². The first-order chi connectivity index (χ1) is 17.2. The fourth-order valence-corrected chi connectivity index (χ4v) is 5.15. The first-order valence-corrected chi connectivity index (χ1v) is 12.7. The van der Waals surface area contributed by atoms with Crippen molar-refractivity contribution < 1.29 is 21.6 Å². The number of rotatable bonds is 7. The zero-order valence-corrected chi connectivity index (χ0v) is 19.9. The third-order valence-electron chi connectivity index (χ3n) is 5.84. The standard InChI is InChI=1S/C25H24F3N5O2S/c26-16-8-9-20(27)22(13-16)36(34,35)33-21-7-3-6-18(24(21)28)25(30)19(14-32-17-4-1-2-5-17)15-10-11-31-23(29)12-15/h3,6-14,17,33H,1-2,4-5,30H2,(H2,29,31). The lowest BCUT2D eigenvalue weighted by Crippen LogP contribution is -2.17. The lowest BCUT2D eigenvalue weighted by Gasteiger charge is -2.15. The molecular weight excluding hydrogens is 491 g/mol. The Kier molecular flexibility index (Phi) is 7.30. The number of hydrogen-bond donors (Lipinski definition) is 3. The Morgan fingerprint density at radius 2 is 1.83 bits per heavy atom. The normalized spacial score (nSPS) is 15.3. The van der Waals surface area contributed by atoms with Gasteiger partial charge in [-0.15, -0.1) is 0 Å². The van der Waals surface area contributed by atoms with E-state index in [2.05, 4.69) is 9.98 Å². The molecule has 0 aliphatic heterocycles. The van der Waals surface area contributed by atoms with Crippen molar-refractivity contribution in [3.05, 3.63) is 83.3 Å². The number of nitrogen functional groups attached to an aromatic ring is 1. The van der Waals surface area contributed by atoms with Crippen LogP contribution in [0.1, 0.15) is 36.8 Å². The molecule has 7 nitrogen and oxygen atoms in total. The number of anilines is 2. The van der Waals surface area contributed by atoms with Crippen molar-refractivity contribution in [1.29, 1.82) is 0 Å². The number of hydrogen-bond acceptors (Lipinski definition) is 6. The highest BCUT2D eigenvalue weighted by atomic mass is 32.2. The highest BCUT2D eigenvalue weighted by Crippen LogP contribution is 2.30. The number of pyridine rings is 1. The minimum absolute atomic E-state index is 0.0159. The first kappa shape index (κ1) is 25.2. The molecule has 1 aliphatic carbocycles. The molecule has 4 rings (SSSR count). The molecule has 1 heterocycles. The second-order valence-corrected chi connectivity index (χ2v) is 10.0. The molecule has 11 heteroatoms. The summed E-state index contributed by atoms with van der Waals surface area (Å²) < 4.78 is 70.5.